The number of allylic oxidation sites excluding steroid dienone is 1. The van der Waals surface area contributed by atoms with E-state index in [4.69, 9.17) is 14.2 Å². The summed E-state index contributed by atoms with van der Waals surface area (Å²) in [5.41, 5.74) is 1.97. The Morgan fingerprint density at radius 1 is 1.17 bits per heavy atom. The van der Waals surface area contributed by atoms with Crippen LogP contribution in [0.25, 0.3) is 0 Å². The van der Waals surface area contributed by atoms with E-state index < -0.39 is 12.0 Å². The van der Waals surface area contributed by atoms with Crippen molar-refractivity contribution in [1.29, 1.82) is 0 Å². The molecule has 3 rings (SSSR count). The molecule has 0 bridgehead atoms. The number of ether oxygens (including phenoxy) is 3. The molecule has 1 saturated heterocycles. The van der Waals surface area contributed by atoms with Crippen LogP contribution >= 0.6 is 0 Å². The van der Waals surface area contributed by atoms with E-state index in [1.165, 1.54) is 4.90 Å². The predicted octanol–water partition coefficient (Wildman–Crippen LogP) is 4.03. The van der Waals surface area contributed by atoms with E-state index in [1.807, 2.05) is 48.5 Å². The number of amides is 2. The Kier molecular flexibility index (Phi) is 7.12. The lowest BCUT2D eigenvalue weighted by Crippen LogP contribution is -2.44. The molecule has 0 unspecified atom stereocenters. The van der Waals surface area contributed by atoms with Crippen molar-refractivity contribution in [2.24, 2.45) is 5.92 Å². The lowest BCUT2D eigenvalue weighted by atomic mass is 9.93. The molecule has 1 aliphatic rings. The standard InChI is InChI=1S/C24H27NO5/c1-4-8-19(13-18-11-12-21(28-2)22(15-18)29-3)23(26)25-20(16-30-24(25)27)14-17-9-6-5-7-10-17/h4-7,9-12,15,19-20H,1,8,13-14,16H2,2-3H3/t19-,20-/m0/s1. The fourth-order valence-electron chi connectivity index (χ4n) is 3.73. The lowest BCUT2D eigenvalue weighted by molar-refractivity contribution is -0.133. The number of imide groups is 1. The van der Waals surface area contributed by atoms with Gasteiger partial charge in [-0.25, -0.2) is 9.69 Å². The SMILES string of the molecule is C=CC[C@@H](Cc1ccc(OC)c(OC)c1)C(=O)N1C(=O)OC[C@@H]1Cc1ccccc1. The zero-order chi connectivity index (χ0) is 21.5. The molecule has 0 N–H and O–H groups in total. The first-order chi connectivity index (χ1) is 14.6. The van der Waals surface area contributed by atoms with Gasteiger partial charge in [0, 0.05) is 5.92 Å². The van der Waals surface area contributed by atoms with Gasteiger partial charge >= 0.3 is 6.09 Å². The molecule has 1 heterocycles. The molecule has 1 fully saturated rings. The number of hydrogen-bond donors (Lipinski definition) is 0. The number of nitrogens with zero attached hydrogens (tertiary/aromatic N) is 1. The maximum atomic E-state index is 13.3. The maximum absolute atomic E-state index is 13.3. The van der Waals surface area contributed by atoms with Crippen LogP contribution in [0.1, 0.15) is 17.5 Å². The molecule has 2 atom stereocenters. The quantitative estimate of drug-likeness (QED) is 0.585. The van der Waals surface area contributed by atoms with E-state index in [0.29, 0.717) is 30.8 Å². The van der Waals surface area contributed by atoms with Crippen LogP contribution in [-0.4, -0.2) is 43.8 Å². The monoisotopic (exact) mass is 409 g/mol. The second-order valence-electron chi connectivity index (χ2n) is 7.24. The van der Waals surface area contributed by atoms with Crippen molar-refractivity contribution in [1.82, 2.24) is 4.90 Å². The van der Waals surface area contributed by atoms with Gasteiger partial charge in [-0.2, -0.15) is 0 Å². The van der Waals surface area contributed by atoms with Crippen molar-refractivity contribution in [3.05, 3.63) is 72.3 Å². The molecule has 0 radical (unpaired) electrons. The van der Waals surface area contributed by atoms with Crippen LogP contribution in [0, 0.1) is 5.92 Å². The van der Waals surface area contributed by atoms with Crippen molar-refractivity contribution in [2.75, 3.05) is 20.8 Å². The molecule has 0 aromatic heterocycles. The minimum atomic E-state index is -0.581. The van der Waals surface area contributed by atoms with Gasteiger partial charge in [-0.1, -0.05) is 42.5 Å². The molecule has 2 amide bonds. The van der Waals surface area contributed by atoms with Crippen LogP contribution in [-0.2, 0) is 22.4 Å². The van der Waals surface area contributed by atoms with E-state index >= 15 is 0 Å². The Bertz CT molecular complexity index is 896. The summed E-state index contributed by atoms with van der Waals surface area (Å²) >= 11 is 0. The topological polar surface area (TPSA) is 65.1 Å². The van der Waals surface area contributed by atoms with Gasteiger partial charge in [-0.05, 0) is 42.5 Å². The third kappa shape index (κ3) is 4.82. The van der Waals surface area contributed by atoms with Crippen LogP contribution in [0.15, 0.2) is 61.2 Å². The van der Waals surface area contributed by atoms with Crippen molar-refractivity contribution in [3.8, 4) is 11.5 Å². The van der Waals surface area contributed by atoms with E-state index in [2.05, 4.69) is 6.58 Å². The van der Waals surface area contributed by atoms with Gasteiger partial charge in [0.1, 0.15) is 6.61 Å². The number of carbonyl (C=O) groups excluding carboxylic acids is 2. The highest BCUT2D eigenvalue weighted by Gasteiger charge is 2.40. The van der Waals surface area contributed by atoms with E-state index in [9.17, 15) is 9.59 Å². The molecule has 0 saturated carbocycles. The summed E-state index contributed by atoms with van der Waals surface area (Å²) in [6.07, 6.45) is 2.59. The Morgan fingerprint density at radius 2 is 1.90 bits per heavy atom. The fraction of sp³-hybridized carbons (Fsp3) is 0.333. The van der Waals surface area contributed by atoms with Crippen LogP contribution in [0.5, 0.6) is 11.5 Å². The summed E-state index contributed by atoms with van der Waals surface area (Å²) in [5.74, 6) is 0.555. The molecule has 1 aliphatic heterocycles. The number of carbonyl (C=O) groups is 2. The average Bonchev–Trinajstić information content (AvgIpc) is 3.13. The van der Waals surface area contributed by atoms with Gasteiger partial charge in [0.05, 0.1) is 20.3 Å². The molecule has 158 valence electrons. The lowest BCUT2D eigenvalue weighted by Gasteiger charge is -2.24. The Balaban J connectivity index is 1.79. The first kappa shape index (κ1) is 21.4. The number of hydrogen-bond acceptors (Lipinski definition) is 5. The molecule has 6 heteroatoms. The van der Waals surface area contributed by atoms with Crippen molar-refractivity contribution in [2.45, 2.75) is 25.3 Å². The van der Waals surface area contributed by atoms with Gasteiger partial charge in [0.2, 0.25) is 5.91 Å². The van der Waals surface area contributed by atoms with Gasteiger partial charge in [0.25, 0.3) is 0 Å². The second-order valence-corrected chi connectivity index (χ2v) is 7.24. The van der Waals surface area contributed by atoms with E-state index in [1.54, 1.807) is 20.3 Å². The number of cyclic esters (lactones) is 1. The zero-order valence-electron chi connectivity index (χ0n) is 17.4. The van der Waals surface area contributed by atoms with E-state index in [-0.39, 0.29) is 18.6 Å². The molecule has 6 nitrogen and oxygen atoms in total. The summed E-state index contributed by atoms with van der Waals surface area (Å²) in [5, 5.41) is 0. The highest BCUT2D eigenvalue weighted by atomic mass is 16.6. The molecule has 0 aliphatic carbocycles. The fourth-order valence-corrected chi connectivity index (χ4v) is 3.73. The number of benzene rings is 2. The average molecular weight is 409 g/mol. The van der Waals surface area contributed by atoms with Gasteiger partial charge < -0.3 is 14.2 Å². The number of methoxy groups -OCH3 is 2. The third-order valence-electron chi connectivity index (χ3n) is 5.24. The van der Waals surface area contributed by atoms with Gasteiger partial charge in [-0.3, -0.25) is 4.79 Å². The molecule has 2 aromatic rings. The Labute approximate surface area is 177 Å². The van der Waals surface area contributed by atoms with Crippen LogP contribution < -0.4 is 9.47 Å². The van der Waals surface area contributed by atoms with Crippen LogP contribution in [0.4, 0.5) is 4.79 Å². The first-order valence-corrected chi connectivity index (χ1v) is 9.93. The minimum Gasteiger partial charge on any atom is -0.493 e. The zero-order valence-corrected chi connectivity index (χ0v) is 17.4. The minimum absolute atomic E-state index is 0.205. The summed E-state index contributed by atoms with van der Waals surface area (Å²) < 4.78 is 15.9. The van der Waals surface area contributed by atoms with Crippen LogP contribution in [0.2, 0.25) is 0 Å². The summed E-state index contributed by atoms with van der Waals surface area (Å²) in [4.78, 5) is 27.0. The molecule has 2 aromatic carbocycles. The highest BCUT2D eigenvalue weighted by Crippen LogP contribution is 2.30. The largest absolute Gasteiger partial charge is 0.493 e. The highest BCUT2D eigenvalue weighted by molar-refractivity contribution is 5.95. The van der Waals surface area contributed by atoms with Gasteiger partial charge in [0.15, 0.2) is 11.5 Å². The predicted molar refractivity (Wildman–Crippen MR) is 114 cm³/mol. The Hall–Kier alpha value is -3.28. The Morgan fingerprint density at radius 3 is 2.57 bits per heavy atom. The molecular weight excluding hydrogens is 382 g/mol. The van der Waals surface area contributed by atoms with Crippen molar-refractivity contribution in [3.63, 3.8) is 0 Å². The van der Waals surface area contributed by atoms with E-state index in [0.717, 1.165) is 11.1 Å². The third-order valence-corrected chi connectivity index (χ3v) is 5.24. The second kappa shape index (κ2) is 9.96. The summed E-state index contributed by atoms with van der Waals surface area (Å²) in [7, 11) is 3.15. The smallest absolute Gasteiger partial charge is 0.416 e. The summed E-state index contributed by atoms with van der Waals surface area (Å²) in [6, 6.07) is 15.0. The first-order valence-electron chi connectivity index (χ1n) is 9.93. The van der Waals surface area contributed by atoms with Gasteiger partial charge in [-0.15, -0.1) is 6.58 Å². The molecule has 0 spiro atoms. The number of rotatable bonds is 9. The summed E-state index contributed by atoms with van der Waals surface area (Å²) in [6.45, 7) is 3.99. The molecule has 30 heavy (non-hydrogen) atoms. The van der Waals surface area contributed by atoms with Crippen LogP contribution in [0.3, 0.4) is 0 Å². The maximum Gasteiger partial charge on any atom is 0.416 e. The van der Waals surface area contributed by atoms with Crippen molar-refractivity contribution >= 4 is 12.0 Å². The molecular formula is C24H27NO5. The normalized spacial score (nSPS) is 16.7. The van der Waals surface area contributed by atoms with Crippen molar-refractivity contribution < 1.29 is 23.8 Å².